The first-order chi connectivity index (χ1) is 8.06. The molecule has 0 aliphatic carbocycles. The van der Waals surface area contributed by atoms with E-state index >= 15 is 0 Å². The number of nitrogens with two attached hydrogens (primary N) is 1. The average Bonchev–Trinajstić information content (AvgIpc) is 2.73. The van der Waals surface area contributed by atoms with Gasteiger partial charge in [-0.15, -0.1) is 0 Å². The third-order valence-electron chi connectivity index (χ3n) is 2.70. The Morgan fingerprint density at radius 3 is 2.88 bits per heavy atom. The van der Waals surface area contributed by atoms with Gasteiger partial charge in [0.25, 0.3) is 0 Å². The smallest absolute Gasteiger partial charge is 0.311 e. The average molecular weight is 246 g/mol. The predicted octanol–water partition coefficient (Wildman–Crippen LogP) is -1.43. The largest absolute Gasteiger partial charge is 0.481 e. The second kappa shape index (κ2) is 6.53. The van der Waals surface area contributed by atoms with E-state index in [2.05, 4.69) is 5.32 Å². The van der Waals surface area contributed by atoms with Crippen molar-refractivity contribution in [2.75, 3.05) is 26.9 Å². The van der Waals surface area contributed by atoms with Crippen molar-refractivity contribution in [3.63, 3.8) is 0 Å². The van der Waals surface area contributed by atoms with Gasteiger partial charge in [-0.05, 0) is 6.42 Å². The fourth-order valence-electron chi connectivity index (χ4n) is 1.61. The fourth-order valence-corrected chi connectivity index (χ4v) is 1.61. The van der Waals surface area contributed by atoms with E-state index in [-0.39, 0.29) is 19.1 Å². The van der Waals surface area contributed by atoms with Crippen LogP contribution in [0.25, 0.3) is 0 Å². The first-order valence-corrected chi connectivity index (χ1v) is 5.41. The molecule has 0 spiro atoms. The molecule has 0 saturated carbocycles. The number of hydrogen-bond donors (Lipinski definition) is 3. The van der Waals surface area contributed by atoms with Crippen LogP contribution in [0.2, 0.25) is 0 Å². The summed E-state index contributed by atoms with van der Waals surface area (Å²) in [4.78, 5) is 22.5. The van der Waals surface area contributed by atoms with Gasteiger partial charge in [0.15, 0.2) is 0 Å². The monoisotopic (exact) mass is 246 g/mol. The SMILES string of the molecule is COCCC(N)C(=O)NC1COCC1C(=O)O. The highest BCUT2D eigenvalue weighted by atomic mass is 16.5. The van der Waals surface area contributed by atoms with Crippen molar-refractivity contribution in [3.05, 3.63) is 0 Å². The Labute approximate surface area is 99.3 Å². The summed E-state index contributed by atoms with van der Waals surface area (Å²) in [5.74, 6) is -2.05. The van der Waals surface area contributed by atoms with Gasteiger partial charge in [-0.2, -0.15) is 0 Å². The summed E-state index contributed by atoms with van der Waals surface area (Å²) in [7, 11) is 1.52. The molecule has 1 aliphatic rings. The summed E-state index contributed by atoms with van der Waals surface area (Å²) in [6.45, 7) is 0.714. The van der Waals surface area contributed by atoms with E-state index in [1.54, 1.807) is 0 Å². The highest BCUT2D eigenvalue weighted by Gasteiger charge is 2.35. The maximum atomic E-state index is 11.6. The molecular formula is C10H18N2O5. The molecule has 7 heteroatoms. The van der Waals surface area contributed by atoms with Gasteiger partial charge in [0.1, 0.15) is 5.92 Å². The van der Waals surface area contributed by atoms with Crippen molar-refractivity contribution in [1.82, 2.24) is 5.32 Å². The molecule has 1 fully saturated rings. The number of carbonyl (C=O) groups excluding carboxylic acids is 1. The van der Waals surface area contributed by atoms with E-state index in [1.165, 1.54) is 7.11 Å². The highest BCUT2D eigenvalue weighted by molar-refractivity contribution is 5.82. The van der Waals surface area contributed by atoms with E-state index < -0.39 is 24.0 Å². The second-order valence-corrected chi connectivity index (χ2v) is 3.99. The molecule has 0 aromatic heterocycles. The summed E-state index contributed by atoms with van der Waals surface area (Å²) in [6.07, 6.45) is 0.396. The number of amides is 1. The summed E-state index contributed by atoms with van der Waals surface area (Å²) in [5, 5.41) is 11.5. The van der Waals surface area contributed by atoms with Gasteiger partial charge in [0.2, 0.25) is 5.91 Å². The van der Waals surface area contributed by atoms with Gasteiger partial charge < -0.3 is 25.6 Å². The zero-order valence-electron chi connectivity index (χ0n) is 9.72. The molecule has 1 rings (SSSR count). The number of carbonyl (C=O) groups is 2. The Morgan fingerprint density at radius 2 is 2.29 bits per heavy atom. The molecule has 1 heterocycles. The first kappa shape index (κ1) is 13.9. The Morgan fingerprint density at radius 1 is 1.59 bits per heavy atom. The minimum absolute atomic E-state index is 0.119. The molecule has 0 aromatic carbocycles. The van der Waals surface area contributed by atoms with Crippen LogP contribution in [0.15, 0.2) is 0 Å². The Hall–Kier alpha value is -1.18. The summed E-state index contributed by atoms with van der Waals surface area (Å²) < 4.78 is 9.84. The maximum absolute atomic E-state index is 11.6. The first-order valence-electron chi connectivity index (χ1n) is 5.41. The molecule has 4 N–H and O–H groups in total. The van der Waals surface area contributed by atoms with Gasteiger partial charge in [-0.3, -0.25) is 9.59 Å². The molecular weight excluding hydrogens is 228 g/mol. The Balaban J connectivity index is 2.42. The maximum Gasteiger partial charge on any atom is 0.311 e. The predicted molar refractivity (Wildman–Crippen MR) is 58.3 cm³/mol. The molecule has 17 heavy (non-hydrogen) atoms. The van der Waals surface area contributed by atoms with E-state index in [0.29, 0.717) is 13.0 Å². The summed E-state index contributed by atoms with van der Waals surface area (Å²) in [6, 6.07) is -1.20. The van der Waals surface area contributed by atoms with Gasteiger partial charge in [0.05, 0.1) is 25.3 Å². The molecule has 1 aliphatic heterocycles. The number of rotatable bonds is 6. The number of carboxylic acid groups (broad SMARTS) is 1. The van der Waals surface area contributed by atoms with E-state index in [9.17, 15) is 9.59 Å². The number of carboxylic acids is 1. The van der Waals surface area contributed by atoms with Crippen molar-refractivity contribution in [1.29, 1.82) is 0 Å². The van der Waals surface area contributed by atoms with Crippen LogP contribution in [0.1, 0.15) is 6.42 Å². The number of methoxy groups -OCH3 is 1. The van der Waals surface area contributed by atoms with Crippen molar-refractivity contribution < 1.29 is 24.2 Å². The quantitative estimate of drug-likeness (QED) is 0.529. The molecule has 1 amide bonds. The minimum atomic E-state index is -0.974. The molecule has 3 unspecified atom stereocenters. The third-order valence-corrected chi connectivity index (χ3v) is 2.70. The standard InChI is InChI=1S/C10H18N2O5/c1-16-3-2-7(11)9(13)12-8-5-17-4-6(8)10(14)15/h6-8H,2-5,11H2,1H3,(H,12,13)(H,14,15). The van der Waals surface area contributed by atoms with Crippen molar-refractivity contribution in [2.24, 2.45) is 11.7 Å². The third kappa shape index (κ3) is 3.95. The summed E-state index contributed by atoms with van der Waals surface area (Å²) >= 11 is 0. The van der Waals surface area contributed by atoms with Gasteiger partial charge in [0, 0.05) is 13.7 Å². The van der Waals surface area contributed by atoms with Gasteiger partial charge in [-0.25, -0.2) is 0 Å². The van der Waals surface area contributed by atoms with Gasteiger partial charge in [-0.1, -0.05) is 0 Å². The molecule has 7 nitrogen and oxygen atoms in total. The molecule has 3 atom stereocenters. The lowest BCUT2D eigenvalue weighted by Gasteiger charge is -2.18. The molecule has 0 aromatic rings. The van der Waals surface area contributed by atoms with Gasteiger partial charge >= 0.3 is 5.97 Å². The van der Waals surface area contributed by atoms with Crippen LogP contribution in [-0.2, 0) is 19.1 Å². The van der Waals surface area contributed by atoms with Crippen LogP contribution in [0, 0.1) is 5.92 Å². The normalized spacial score (nSPS) is 25.5. The number of hydrogen-bond acceptors (Lipinski definition) is 5. The second-order valence-electron chi connectivity index (χ2n) is 3.99. The number of nitrogens with one attached hydrogen (secondary N) is 1. The van der Waals surface area contributed by atoms with Crippen molar-refractivity contribution >= 4 is 11.9 Å². The molecule has 0 bridgehead atoms. The topological polar surface area (TPSA) is 111 Å². The zero-order chi connectivity index (χ0) is 12.8. The highest BCUT2D eigenvalue weighted by Crippen LogP contribution is 2.13. The summed E-state index contributed by atoms with van der Waals surface area (Å²) in [5.41, 5.74) is 5.62. The molecule has 0 radical (unpaired) electrons. The number of aliphatic carboxylic acids is 1. The van der Waals surface area contributed by atoms with Crippen LogP contribution in [-0.4, -0.2) is 56.0 Å². The van der Waals surface area contributed by atoms with E-state index in [0.717, 1.165) is 0 Å². The minimum Gasteiger partial charge on any atom is -0.481 e. The Kier molecular flexibility index (Phi) is 5.33. The van der Waals surface area contributed by atoms with Crippen molar-refractivity contribution in [3.8, 4) is 0 Å². The van der Waals surface area contributed by atoms with Crippen molar-refractivity contribution in [2.45, 2.75) is 18.5 Å². The number of ether oxygens (including phenoxy) is 2. The van der Waals surface area contributed by atoms with Crippen LogP contribution in [0.4, 0.5) is 0 Å². The van der Waals surface area contributed by atoms with Crippen LogP contribution in [0.5, 0.6) is 0 Å². The zero-order valence-corrected chi connectivity index (χ0v) is 9.72. The van der Waals surface area contributed by atoms with Crippen LogP contribution < -0.4 is 11.1 Å². The van der Waals surface area contributed by atoms with Crippen LogP contribution >= 0.6 is 0 Å². The lowest BCUT2D eigenvalue weighted by molar-refractivity contribution is -0.142. The fraction of sp³-hybridized carbons (Fsp3) is 0.800. The Bertz CT molecular complexity index is 284. The lowest BCUT2D eigenvalue weighted by Crippen LogP contribution is -2.49. The lowest BCUT2D eigenvalue weighted by atomic mass is 10.0. The van der Waals surface area contributed by atoms with E-state index in [1.807, 2.05) is 0 Å². The van der Waals surface area contributed by atoms with E-state index in [4.69, 9.17) is 20.3 Å². The molecule has 1 saturated heterocycles. The van der Waals surface area contributed by atoms with Crippen LogP contribution in [0.3, 0.4) is 0 Å². The molecule has 98 valence electrons.